The largest absolute Gasteiger partial charge is 0.463 e. The summed E-state index contributed by atoms with van der Waals surface area (Å²) in [6.07, 6.45) is 3.30. The van der Waals surface area contributed by atoms with Gasteiger partial charge in [0.25, 0.3) is 10.0 Å². The van der Waals surface area contributed by atoms with Crippen LogP contribution in [0.15, 0.2) is 34.0 Å². The number of sulfonamides is 1. The van der Waals surface area contributed by atoms with Gasteiger partial charge in [-0.2, -0.15) is 4.31 Å². The van der Waals surface area contributed by atoms with Crippen LogP contribution in [0.25, 0.3) is 0 Å². The number of methoxy groups -OCH3 is 1. The number of imidazole rings is 1. The maximum absolute atomic E-state index is 12.3. The average Bonchev–Trinajstić information content (AvgIpc) is 3.08. The Kier molecular flexibility index (Phi) is 4.14. The molecular formula is C12H15N3O5S. The predicted octanol–water partition coefficient (Wildman–Crippen LogP) is 0.620. The Morgan fingerprint density at radius 3 is 2.76 bits per heavy atom. The van der Waals surface area contributed by atoms with Crippen LogP contribution in [-0.4, -0.2) is 42.4 Å². The molecule has 0 bridgehead atoms. The molecule has 0 amide bonds. The summed E-state index contributed by atoms with van der Waals surface area (Å²) in [5.74, 6) is -0.314. The Morgan fingerprint density at radius 1 is 1.48 bits per heavy atom. The highest BCUT2D eigenvalue weighted by Crippen LogP contribution is 2.19. The van der Waals surface area contributed by atoms with E-state index in [0.717, 1.165) is 4.31 Å². The van der Waals surface area contributed by atoms with Crippen molar-refractivity contribution in [1.82, 2.24) is 13.9 Å². The Hall–Kier alpha value is -2.13. The van der Waals surface area contributed by atoms with Crippen molar-refractivity contribution in [2.24, 2.45) is 7.05 Å². The first-order valence-corrected chi connectivity index (χ1v) is 7.41. The Balaban J connectivity index is 2.23. The standard InChI is InChI=1S/C12H15N3O5S/c1-14-7-6-13-10(14)8-15(2)21(17,18)11-5-4-9(20-11)12(16)19-3/h4-7H,8H2,1-3H3. The molecule has 114 valence electrons. The van der Waals surface area contributed by atoms with Crippen LogP contribution in [0, 0.1) is 0 Å². The molecule has 0 aliphatic rings. The lowest BCUT2D eigenvalue weighted by molar-refractivity contribution is 0.0558. The molecule has 0 unspecified atom stereocenters. The van der Waals surface area contributed by atoms with Crippen LogP contribution in [0.5, 0.6) is 0 Å². The lowest BCUT2D eigenvalue weighted by Crippen LogP contribution is -2.27. The van der Waals surface area contributed by atoms with Crippen molar-refractivity contribution in [2.75, 3.05) is 14.2 Å². The Morgan fingerprint density at radius 2 is 2.19 bits per heavy atom. The molecule has 0 atom stereocenters. The zero-order valence-corrected chi connectivity index (χ0v) is 12.6. The van der Waals surface area contributed by atoms with Crippen LogP contribution >= 0.6 is 0 Å². The number of hydrogen-bond donors (Lipinski definition) is 0. The highest BCUT2D eigenvalue weighted by Gasteiger charge is 2.27. The molecule has 2 aromatic rings. The lowest BCUT2D eigenvalue weighted by atomic mass is 10.5. The van der Waals surface area contributed by atoms with E-state index < -0.39 is 16.0 Å². The first-order valence-electron chi connectivity index (χ1n) is 5.97. The minimum atomic E-state index is -3.85. The van der Waals surface area contributed by atoms with E-state index in [-0.39, 0.29) is 17.4 Å². The van der Waals surface area contributed by atoms with Gasteiger partial charge < -0.3 is 13.7 Å². The second kappa shape index (κ2) is 5.70. The van der Waals surface area contributed by atoms with Gasteiger partial charge in [-0.15, -0.1) is 0 Å². The van der Waals surface area contributed by atoms with E-state index in [4.69, 9.17) is 4.42 Å². The van der Waals surface area contributed by atoms with Crippen LogP contribution in [0.4, 0.5) is 0 Å². The monoisotopic (exact) mass is 313 g/mol. The third-order valence-electron chi connectivity index (χ3n) is 2.92. The van der Waals surface area contributed by atoms with Crippen LogP contribution in [0.2, 0.25) is 0 Å². The summed E-state index contributed by atoms with van der Waals surface area (Å²) in [5.41, 5.74) is 0. The Labute approximate surface area is 122 Å². The van der Waals surface area contributed by atoms with E-state index in [9.17, 15) is 13.2 Å². The zero-order valence-electron chi connectivity index (χ0n) is 11.8. The zero-order chi connectivity index (χ0) is 15.6. The van der Waals surface area contributed by atoms with Gasteiger partial charge in [0.05, 0.1) is 13.7 Å². The smallest absolute Gasteiger partial charge is 0.374 e. The number of hydrogen-bond acceptors (Lipinski definition) is 6. The number of aryl methyl sites for hydroxylation is 1. The molecule has 0 aromatic carbocycles. The number of rotatable bonds is 5. The van der Waals surface area contributed by atoms with E-state index in [1.165, 1.54) is 26.3 Å². The van der Waals surface area contributed by atoms with Crippen molar-refractivity contribution >= 4 is 16.0 Å². The average molecular weight is 313 g/mol. The van der Waals surface area contributed by atoms with E-state index in [2.05, 4.69) is 9.72 Å². The summed E-state index contributed by atoms with van der Waals surface area (Å²) in [6, 6.07) is 2.48. The SMILES string of the molecule is COC(=O)c1ccc(S(=O)(=O)N(C)Cc2nccn2C)o1. The van der Waals surface area contributed by atoms with Crippen molar-refractivity contribution in [3.63, 3.8) is 0 Å². The molecule has 2 heterocycles. The first kappa shape index (κ1) is 15.3. The number of carbonyl (C=O) groups is 1. The third-order valence-corrected chi connectivity index (χ3v) is 4.60. The van der Waals surface area contributed by atoms with Crippen molar-refractivity contribution < 1.29 is 22.4 Å². The fourth-order valence-corrected chi connectivity index (χ4v) is 2.68. The minimum absolute atomic E-state index is 0.0834. The lowest BCUT2D eigenvalue weighted by Gasteiger charge is -2.14. The first-order chi connectivity index (χ1) is 9.86. The summed E-state index contributed by atoms with van der Waals surface area (Å²) < 4.78 is 37.0. The van der Waals surface area contributed by atoms with Gasteiger partial charge in [0.1, 0.15) is 5.82 Å². The molecule has 2 rings (SSSR count). The molecule has 9 heteroatoms. The quantitative estimate of drug-likeness (QED) is 0.751. The fraction of sp³-hybridized carbons (Fsp3) is 0.333. The number of aromatic nitrogens is 2. The second-order valence-electron chi connectivity index (χ2n) is 4.33. The van der Waals surface area contributed by atoms with Crippen molar-refractivity contribution in [1.29, 1.82) is 0 Å². The molecule has 21 heavy (non-hydrogen) atoms. The highest BCUT2D eigenvalue weighted by atomic mass is 32.2. The predicted molar refractivity (Wildman–Crippen MR) is 71.9 cm³/mol. The maximum atomic E-state index is 12.3. The summed E-state index contributed by atoms with van der Waals surface area (Å²) in [4.78, 5) is 15.3. The third kappa shape index (κ3) is 2.98. The summed E-state index contributed by atoms with van der Waals surface area (Å²) in [7, 11) is 0.516. The molecule has 8 nitrogen and oxygen atoms in total. The van der Waals surface area contributed by atoms with Crippen LogP contribution in [0.1, 0.15) is 16.4 Å². The number of esters is 1. The molecular weight excluding hydrogens is 298 g/mol. The molecule has 2 aromatic heterocycles. The summed E-state index contributed by atoms with van der Waals surface area (Å²) >= 11 is 0. The van der Waals surface area contributed by atoms with Crippen LogP contribution in [-0.2, 0) is 28.4 Å². The van der Waals surface area contributed by atoms with Crippen LogP contribution < -0.4 is 0 Å². The summed E-state index contributed by atoms with van der Waals surface area (Å²) in [5, 5.41) is -0.320. The number of carbonyl (C=O) groups excluding carboxylic acids is 1. The molecule has 0 saturated carbocycles. The highest BCUT2D eigenvalue weighted by molar-refractivity contribution is 7.88. The van der Waals surface area contributed by atoms with Gasteiger partial charge in [0.15, 0.2) is 0 Å². The molecule has 0 N–H and O–H groups in total. The van der Waals surface area contributed by atoms with E-state index >= 15 is 0 Å². The molecule has 0 spiro atoms. The van der Waals surface area contributed by atoms with Gasteiger partial charge in [-0.1, -0.05) is 0 Å². The molecule has 0 saturated heterocycles. The van der Waals surface area contributed by atoms with E-state index in [1.807, 2.05) is 0 Å². The Bertz CT molecular complexity index is 747. The number of nitrogens with zero attached hydrogens (tertiary/aromatic N) is 3. The second-order valence-corrected chi connectivity index (χ2v) is 6.30. The minimum Gasteiger partial charge on any atom is -0.463 e. The molecule has 0 aliphatic heterocycles. The van der Waals surface area contributed by atoms with Crippen LogP contribution in [0.3, 0.4) is 0 Å². The topological polar surface area (TPSA) is 94.6 Å². The van der Waals surface area contributed by atoms with Crippen molar-refractivity contribution in [2.45, 2.75) is 11.6 Å². The summed E-state index contributed by atoms with van der Waals surface area (Å²) in [6.45, 7) is 0.0834. The van der Waals surface area contributed by atoms with Gasteiger partial charge in [0.2, 0.25) is 10.9 Å². The molecule has 0 aliphatic carbocycles. The van der Waals surface area contributed by atoms with E-state index in [0.29, 0.717) is 5.82 Å². The molecule has 0 fully saturated rings. The normalized spacial score (nSPS) is 11.8. The van der Waals surface area contributed by atoms with Crippen molar-refractivity contribution in [3.05, 3.63) is 36.1 Å². The fourth-order valence-electron chi connectivity index (χ4n) is 1.66. The number of ether oxygens (including phenoxy) is 1. The van der Waals surface area contributed by atoms with Gasteiger partial charge >= 0.3 is 5.97 Å². The van der Waals surface area contributed by atoms with E-state index in [1.54, 1.807) is 24.0 Å². The van der Waals surface area contributed by atoms with Gasteiger partial charge in [-0.25, -0.2) is 18.2 Å². The number of furan rings is 1. The van der Waals surface area contributed by atoms with Gasteiger partial charge in [0, 0.05) is 26.5 Å². The van der Waals surface area contributed by atoms with Gasteiger partial charge in [-0.05, 0) is 12.1 Å². The maximum Gasteiger partial charge on any atom is 0.374 e. The molecule has 0 radical (unpaired) electrons. The van der Waals surface area contributed by atoms with Crippen molar-refractivity contribution in [3.8, 4) is 0 Å². The van der Waals surface area contributed by atoms with Gasteiger partial charge in [-0.3, -0.25) is 0 Å².